The van der Waals surface area contributed by atoms with Gasteiger partial charge < -0.3 is 15.2 Å². The average Bonchev–Trinajstić information content (AvgIpc) is 2.97. The highest BCUT2D eigenvalue weighted by Crippen LogP contribution is 2.35. The molecule has 1 aromatic heterocycles. The number of benzene rings is 3. The summed E-state index contributed by atoms with van der Waals surface area (Å²) in [6.07, 6.45) is 2.53. The van der Waals surface area contributed by atoms with Gasteiger partial charge in [0.2, 0.25) is 5.95 Å². The van der Waals surface area contributed by atoms with Crippen LogP contribution >= 0.6 is 15.9 Å². The zero-order valence-electron chi connectivity index (χ0n) is 22.6. The maximum atomic E-state index is 15.0. The minimum atomic E-state index is -4.33. The maximum absolute atomic E-state index is 15.0. The molecule has 9 nitrogen and oxygen atoms in total. The van der Waals surface area contributed by atoms with E-state index in [1.165, 1.54) is 42.6 Å². The second-order valence-electron chi connectivity index (χ2n) is 9.85. The predicted molar refractivity (Wildman–Crippen MR) is 157 cm³/mol. The summed E-state index contributed by atoms with van der Waals surface area (Å²) >= 11 is 3.44. The van der Waals surface area contributed by atoms with Crippen LogP contribution in [-0.2, 0) is 27.7 Å². The quantitative estimate of drug-likeness (QED) is 0.198. The molecule has 14 heteroatoms. The molecule has 2 heterocycles. The standard InChI is InChI=1S/C30H23BrF3N3O6S/c31-22-8-5-18(28-21(22)2-1-11-43-28)12-25(30(39)40)36-29(38)27-23(32)14-19(15-24(27)33)37-44(41,42)20-6-3-16(4-7-20)17-9-10-35-26(34)13-17/h3-10,13-15,25,37H,1-2,11-12H2,(H,36,38)(H,39,40)/t25-/m0/s1. The largest absolute Gasteiger partial charge is 0.493 e. The highest BCUT2D eigenvalue weighted by atomic mass is 79.9. The molecule has 1 amide bonds. The van der Waals surface area contributed by atoms with Crippen molar-refractivity contribution in [1.82, 2.24) is 10.3 Å². The molecule has 0 saturated carbocycles. The van der Waals surface area contributed by atoms with E-state index in [0.717, 1.165) is 16.5 Å². The highest BCUT2D eigenvalue weighted by molar-refractivity contribution is 9.10. The van der Waals surface area contributed by atoms with Gasteiger partial charge in [-0.3, -0.25) is 9.52 Å². The summed E-state index contributed by atoms with van der Waals surface area (Å²) in [5.74, 6) is -5.81. The summed E-state index contributed by atoms with van der Waals surface area (Å²) in [4.78, 5) is 28.1. The fourth-order valence-electron chi connectivity index (χ4n) is 4.77. The van der Waals surface area contributed by atoms with Crippen LogP contribution in [-0.4, -0.2) is 43.0 Å². The Kier molecular flexibility index (Phi) is 8.92. The van der Waals surface area contributed by atoms with Gasteiger partial charge in [-0.15, -0.1) is 0 Å². The maximum Gasteiger partial charge on any atom is 0.326 e. The number of nitrogens with zero attached hydrogens (tertiary/aromatic N) is 1. The normalized spacial score (nSPS) is 13.4. The van der Waals surface area contributed by atoms with Crippen LogP contribution in [0.4, 0.5) is 18.9 Å². The zero-order valence-corrected chi connectivity index (χ0v) is 25.0. The van der Waals surface area contributed by atoms with Crippen LogP contribution < -0.4 is 14.8 Å². The third kappa shape index (κ3) is 6.70. The number of pyridine rings is 1. The van der Waals surface area contributed by atoms with Gasteiger partial charge in [-0.1, -0.05) is 34.1 Å². The molecule has 44 heavy (non-hydrogen) atoms. The molecule has 228 valence electrons. The van der Waals surface area contributed by atoms with Crippen molar-refractivity contribution in [3.05, 3.63) is 106 Å². The molecule has 5 rings (SSSR count). The van der Waals surface area contributed by atoms with Gasteiger partial charge in [0, 0.05) is 28.7 Å². The molecule has 0 bridgehead atoms. The lowest BCUT2D eigenvalue weighted by molar-refractivity contribution is -0.139. The second-order valence-corrected chi connectivity index (χ2v) is 12.4. The van der Waals surface area contributed by atoms with Crippen molar-refractivity contribution in [2.75, 3.05) is 11.3 Å². The number of aliphatic carboxylic acids is 1. The SMILES string of the molecule is O=C(N[C@@H](Cc1ccc(Br)c2c1OCCC2)C(=O)O)c1c(F)cc(NS(=O)(=O)c2ccc(-c3ccnc(F)c3)cc2)cc1F. The van der Waals surface area contributed by atoms with Crippen molar-refractivity contribution in [1.29, 1.82) is 0 Å². The lowest BCUT2D eigenvalue weighted by Crippen LogP contribution is -2.43. The van der Waals surface area contributed by atoms with E-state index >= 15 is 8.78 Å². The summed E-state index contributed by atoms with van der Waals surface area (Å²) in [5, 5.41) is 11.9. The van der Waals surface area contributed by atoms with Crippen molar-refractivity contribution in [3.8, 4) is 16.9 Å². The van der Waals surface area contributed by atoms with Gasteiger partial charge in [0.05, 0.1) is 17.2 Å². The first-order valence-electron chi connectivity index (χ1n) is 13.1. The van der Waals surface area contributed by atoms with Crippen molar-refractivity contribution < 1.29 is 41.0 Å². The minimum Gasteiger partial charge on any atom is -0.493 e. The number of anilines is 1. The van der Waals surface area contributed by atoms with Crippen LogP contribution in [0.3, 0.4) is 0 Å². The van der Waals surface area contributed by atoms with Crippen molar-refractivity contribution in [2.24, 2.45) is 0 Å². The first kappa shape index (κ1) is 31.0. The van der Waals surface area contributed by atoms with E-state index in [-0.39, 0.29) is 11.3 Å². The lowest BCUT2D eigenvalue weighted by atomic mass is 9.97. The second kappa shape index (κ2) is 12.7. The summed E-state index contributed by atoms with van der Waals surface area (Å²) in [6.45, 7) is 0.436. The molecule has 0 fully saturated rings. The molecule has 3 aromatic carbocycles. The van der Waals surface area contributed by atoms with Gasteiger partial charge >= 0.3 is 5.97 Å². The van der Waals surface area contributed by atoms with Crippen LogP contribution in [0.15, 0.2) is 76.2 Å². The Morgan fingerprint density at radius 1 is 1.00 bits per heavy atom. The Morgan fingerprint density at radius 3 is 2.36 bits per heavy atom. The van der Waals surface area contributed by atoms with Gasteiger partial charge in [-0.25, -0.2) is 27.0 Å². The number of hydrogen-bond donors (Lipinski definition) is 3. The van der Waals surface area contributed by atoms with E-state index in [9.17, 15) is 27.5 Å². The molecule has 1 atom stereocenters. The number of sulfonamides is 1. The van der Waals surface area contributed by atoms with Gasteiger partial charge in [-0.05, 0) is 65.9 Å². The number of carboxylic acid groups (broad SMARTS) is 1. The Labute approximate surface area is 258 Å². The molecule has 3 N–H and O–H groups in total. The number of rotatable bonds is 9. The third-order valence-corrected chi connectivity index (χ3v) is 9.02. The number of carbonyl (C=O) groups excluding carboxylic acids is 1. The Hall–Kier alpha value is -4.43. The Bertz CT molecular complexity index is 1850. The number of ether oxygens (including phenoxy) is 1. The fourth-order valence-corrected chi connectivity index (χ4v) is 6.32. The molecule has 0 unspecified atom stereocenters. The first-order valence-corrected chi connectivity index (χ1v) is 15.4. The Balaban J connectivity index is 1.32. The van der Waals surface area contributed by atoms with Crippen LogP contribution in [0.5, 0.6) is 5.75 Å². The van der Waals surface area contributed by atoms with Crippen LogP contribution in [0.2, 0.25) is 0 Å². The molecule has 0 spiro atoms. The zero-order chi connectivity index (χ0) is 31.6. The number of carbonyl (C=O) groups is 2. The van der Waals surface area contributed by atoms with E-state index < -0.39 is 56.8 Å². The number of carboxylic acids is 1. The molecular formula is C30H23BrF3N3O6S. The van der Waals surface area contributed by atoms with E-state index in [1.807, 2.05) is 0 Å². The van der Waals surface area contributed by atoms with Crippen molar-refractivity contribution in [2.45, 2.75) is 30.2 Å². The molecule has 0 radical (unpaired) electrons. The lowest BCUT2D eigenvalue weighted by Gasteiger charge is -2.23. The molecule has 1 aliphatic heterocycles. The van der Waals surface area contributed by atoms with Crippen molar-refractivity contribution in [3.63, 3.8) is 0 Å². The summed E-state index contributed by atoms with van der Waals surface area (Å²) in [7, 11) is -4.33. The van der Waals surface area contributed by atoms with Gasteiger partial charge in [-0.2, -0.15) is 4.39 Å². The highest BCUT2D eigenvalue weighted by Gasteiger charge is 2.28. The van der Waals surface area contributed by atoms with Crippen LogP contribution in [0.25, 0.3) is 11.1 Å². The molecular weight excluding hydrogens is 667 g/mol. The minimum absolute atomic E-state index is 0.216. The van der Waals surface area contributed by atoms with Crippen molar-refractivity contribution >= 4 is 43.5 Å². The summed E-state index contributed by atoms with van der Waals surface area (Å²) in [5.41, 5.74) is 0.737. The number of aromatic nitrogens is 1. The number of fused-ring (bicyclic) bond motifs is 1. The number of halogens is 4. The Morgan fingerprint density at radius 2 is 1.70 bits per heavy atom. The molecule has 4 aromatic rings. The fraction of sp³-hybridized carbons (Fsp3) is 0.167. The number of hydrogen-bond acceptors (Lipinski definition) is 6. The van der Waals surface area contributed by atoms with E-state index in [4.69, 9.17) is 4.74 Å². The van der Waals surface area contributed by atoms with E-state index in [1.54, 1.807) is 12.1 Å². The van der Waals surface area contributed by atoms with Crippen LogP contribution in [0.1, 0.15) is 27.9 Å². The van der Waals surface area contributed by atoms with E-state index in [0.29, 0.717) is 47.6 Å². The monoisotopic (exact) mass is 689 g/mol. The van der Waals surface area contributed by atoms with Crippen LogP contribution in [0, 0.1) is 17.6 Å². The smallest absolute Gasteiger partial charge is 0.326 e. The summed E-state index contributed by atoms with van der Waals surface area (Å²) < 4.78 is 77.8. The number of nitrogens with one attached hydrogen (secondary N) is 2. The summed E-state index contributed by atoms with van der Waals surface area (Å²) in [6, 6.07) is 11.1. The average molecular weight is 690 g/mol. The molecule has 0 saturated heterocycles. The third-order valence-electron chi connectivity index (χ3n) is 6.88. The predicted octanol–water partition coefficient (Wildman–Crippen LogP) is 5.48. The van der Waals surface area contributed by atoms with E-state index in [2.05, 4.69) is 31.0 Å². The number of amides is 1. The van der Waals surface area contributed by atoms with Gasteiger partial charge in [0.1, 0.15) is 29.0 Å². The van der Waals surface area contributed by atoms with Gasteiger partial charge in [0.25, 0.3) is 15.9 Å². The first-order chi connectivity index (χ1) is 20.9. The molecule has 0 aliphatic carbocycles. The topological polar surface area (TPSA) is 135 Å². The molecule has 1 aliphatic rings. The van der Waals surface area contributed by atoms with Gasteiger partial charge in [0.15, 0.2) is 0 Å².